The fourth-order valence-corrected chi connectivity index (χ4v) is 4.81. The quantitative estimate of drug-likeness (QED) is 0.780. The van der Waals surface area contributed by atoms with Gasteiger partial charge in [0.25, 0.3) is 15.9 Å². The van der Waals surface area contributed by atoms with E-state index >= 15 is 0 Å². The van der Waals surface area contributed by atoms with Crippen LogP contribution in [0, 0.1) is 19.8 Å². The number of anilines is 1. The maximum Gasteiger partial charge on any atom is 0.261 e. The van der Waals surface area contributed by atoms with Crippen LogP contribution in [0.25, 0.3) is 0 Å². The summed E-state index contributed by atoms with van der Waals surface area (Å²) >= 11 is 0. The van der Waals surface area contributed by atoms with Crippen LogP contribution >= 0.6 is 0 Å². The molecular formula is C22H28N2O3S. The van der Waals surface area contributed by atoms with Crippen molar-refractivity contribution in [3.8, 4) is 0 Å². The van der Waals surface area contributed by atoms with E-state index in [9.17, 15) is 13.2 Å². The van der Waals surface area contributed by atoms with Gasteiger partial charge >= 0.3 is 0 Å². The second-order valence-electron chi connectivity index (χ2n) is 7.82. The maximum atomic E-state index is 12.7. The Hall–Kier alpha value is -2.34. The minimum absolute atomic E-state index is 0.135. The molecule has 1 saturated carbocycles. The lowest BCUT2D eigenvalue weighted by Crippen LogP contribution is -2.37. The Kier molecular flexibility index (Phi) is 6.08. The summed E-state index contributed by atoms with van der Waals surface area (Å²) in [4.78, 5) is 12.6. The third-order valence-corrected chi connectivity index (χ3v) is 6.93. The summed E-state index contributed by atoms with van der Waals surface area (Å²) in [6, 6.07) is 11.8. The van der Waals surface area contributed by atoms with Crippen molar-refractivity contribution in [2.24, 2.45) is 5.92 Å². The van der Waals surface area contributed by atoms with Crippen LogP contribution in [-0.2, 0) is 10.0 Å². The molecule has 0 saturated heterocycles. The van der Waals surface area contributed by atoms with Gasteiger partial charge in [-0.3, -0.25) is 9.52 Å². The molecule has 2 aromatic carbocycles. The van der Waals surface area contributed by atoms with E-state index in [1.807, 2.05) is 26.0 Å². The first-order valence-electron chi connectivity index (χ1n) is 9.76. The average Bonchev–Trinajstić information content (AvgIpc) is 2.65. The minimum Gasteiger partial charge on any atom is -0.349 e. The van der Waals surface area contributed by atoms with Crippen molar-refractivity contribution in [2.75, 3.05) is 4.72 Å². The van der Waals surface area contributed by atoms with E-state index in [4.69, 9.17) is 0 Å². The molecule has 1 amide bonds. The van der Waals surface area contributed by atoms with Crippen LogP contribution in [0.15, 0.2) is 47.4 Å². The molecule has 5 nitrogen and oxygen atoms in total. The summed E-state index contributed by atoms with van der Waals surface area (Å²) in [5, 5.41) is 3.07. The zero-order chi connectivity index (χ0) is 20.3. The number of rotatable bonds is 5. The fourth-order valence-electron chi connectivity index (χ4n) is 3.68. The number of hydrogen-bond acceptors (Lipinski definition) is 3. The SMILES string of the molecule is Cc1cccc(NS(=O)(=O)c2ccc(C(=O)NC3CCCC(C)C3)cc2)c1C. The predicted molar refractivity (Wildman–Crippen MR) is 112 cm³/mol. The van der Waals surface area contributed by atoms with Crippen LogP contribution in [0.5, 0.6) is 0 Å². The summed E-state index contributed by atoms with van der Waals surface area (Å²) < 4.78 is 28.0. The summed E-state index contributed by atoms with van der Waals surface area (Å²) in [6.45, 7) is 6.03. The molecule has 6 heteroatoms. The molecule has 0 aromatic heterocycles. The first-order chi connectivity index (χ1) is 13.3. The van der Waals surface area contributed by atoms with Gasteiger partial charge < -0.3 is 5.32 Å². The highest BCUT2D eigenvalue weighted by Crippen LogP contribution is 2.24. The number of sulfonamides is 1. The minimum atomic E-state index is -3.71. The number of benzene rings is 2. The van der Waals surface area contributed by atoms with Crippen LogP contribution in [0.3, 0.4) is 0 Å². The number of carbonyl (C=O) groups is 1. The van der Waals surface area contributed by atoms with Crippen molar-refractivity contribution in [2.45, 2.75) is 57.4 Å². The molecule has 2 unspecified atom stereocenters. The van der Waals surface area contributed by atoms with E-state index in [-0.39, 0.29) is 16.8 Å². The molecule has 1 aliphatic carbocycles. The largest absolute Gasteiger partial charge is 0.349 e. The van der Waals surface area contributed by atoms with Crippen molar-refractivity contribution in [1.82, 2.24) is 5.32 Å². The lowest BCUT2D eigenvalue weighted by Gasteiger charge is -2.27. The van der Waals surface area contributed by atoms with Gasteiger partial charge in [0, 0.05) is 11.6 Å². The van der Waals surface area contributed by atoms with Gasteiger partial charge in [-0.05, 0) is 74.1 Å². The maximum absolute atomic E-state index is 12.7. The topological polar surface area (TPSA) is 75.3 Å². The molecule has 0 heterocycles. The van der Waals surface area contributed by atoms with Crippen molar-refractivity contribution in [3.63, 3.8) is 0 Å². The van der Waals surface area contributed by atoms with Crippen molar-refractivity contribution < 1.29 is 13.2 Å². The molecule has 0 spiro atoms. The van der Waals surface area contributed by atoms with Crippen LogP contribution in [0.2, 0.25) is 0 Å². The summed E-state index contributed by atoms with van der Waals surface area (Å²) in [5.41, 5.74) is 2.95. The molecule has 0 bridgehead atoms. The Morgan fingerprint density at radius 1 is 1.04 bits per heavy atom. The zero-order valence-corrected chi connectivity index (χ0v) is 17.5. The van der Waals surface area contributed by atoms with Crippen LogP contribution in [0.4, 0.5) is 5.69 Å². The first kappa shape index (κ1) is 20.4. The highest BCUT2D eigenvalue weighted by atomic mass is 32.2. The van der Waals surface area contributed by atoms with E-state index in [1.54, 1.807) is 18.2 Å². The Balaban J connectivity index is 1.70. The third kappa shape index (κ3) is 4.73. The van der Waals surface area contributed by atoms with Gasteiger partial charge in [-0.25, -0.2) is 8.42 Å². The summed E-state index contributed by atoms with van der Waals surface area (Å²) in [6.07, 6.45) is 4.35. The van der Waals surface area contributed by atoms with E-state index < -0.39 is 10.0 Å². The first-order valence-corrected chi connectivity index (χ1v) is 11.2. The molecule has 0 aliphatic heterocycles. The Morgan fingerprint density at radius 3 is 2.43 bits per heavy atom. The van der Waals surface area contributed by atoms with E-state index in [2.05, 4.69) is 17.0 Å². The third-order valence-electron chi connectivity index (χ3n) is 5.55. The number of nitrogens with one attached hydrogen (secondary N) is 2. The lowest BCUT2D eigenvalue weighted by atomic mass is 9.87. The van der Waals surface area contributed by atoms with Gasteiger partial charge in [-0.1, -0.05) is 31.9 Å². The van der Waals surface area contributed by atoms with Gasteiger partial charge in [-0.2, -0.15) is 0 Å². The summed E-state index contributed by atoms with van der Waals surface area (Å²) in [5.74, 6) is 0.480. The highest BCUT2D eigenvalue weighted by Gasteiger charge is 2.21. The normalized spacial score (nSPS) is 19.8. The second kappa shape index (κ2) is 8.35. The van der Waals surface area contributed by atoms with Gasteiger partial charge in [0.15, 0.2) is 0 Å². The predicted octanol–water partition coefficient (Wildman–Crippen LogP) is 4.41. The van der Waals surface area contributed by atoms with E-state index in [0.29, 0.717) is 17.2 Å². The number of aryl methyl sites for hydroxylation is 1. The van der Waals surface area contributed by atoms with E-state index in [0.717, 1.165) is 30.4 Å². The Labute approximate surface area is 167 Å². The number of carbonyl (C=O) groups excluding carboxylic acids is 1. The molecule has 28 heavy (non-hydrogen) atoms. The van der Waals surface area contributed by atoms with E-state index in [1.165, 1.54) is 18.6 Å². The highest BCUT2D eigenvalue weighted by molar-refractivity contribution is 7.92. The molecule has 2 atom stereocenters. The fraction of sp³-hybridized carbons (Fsp3) is 0.409. The zero-order valence-electron chi connectivity index (χ0n) is 16.7. The number of hydrogen-bond donors (Lipinski definition) is 2. The molecule has 150 valence electrons. The molecule has 2 aromatic rings. The van der Waals surface area contributed by atoms with Crippen molar-refractivity contribution in [1.29, 1.82) is 0 Å². The monoisotopic (exact) mass is 400 g/mol. The van der Waals surface area contributed by atoms with Crippen molar-refractivity contribution >= 4 is 21.6 Å². The van der Waals surface area contributed by atoms with Gasteiger partial charge in [0.1, 0.15) is 0 Å². The molecule has 2 N–H and O–H groups in total. The lowest BCUT2D eigenvalue weighted by molar-refractivity contribution is 0.0921. The standard InChI is InChI=1S/C22H28N2O3S/c1-15-6-4-8-19(14-15)23-22(25)18-10-12-20(13-11-18)28(26,27)24-21-9-5-7-16(2)17(21)3/h5,7,9-13,15,19,24H,4,6,8,14H2,1-3H3,(H,23,25). The molecular weight excluding hydrogens is 372 g/mol. The van der Waals surface area contributed by atoms with Gasteiger partial charge in [-0.15, -0.1) is 0 Å². The summed E-state index contributed by atoms with van der Waals surface area (Å²) in [7, 11) is -3.71. The Bertz CT molecular complexity index is 952. The second-order valence-corrected chi connectivity index (χ2v) is 9.50. The van der Waals surface area contributed by atoms with Crippen LogP contribution < -0.4 is 10.0 Å². The van der Waals surface area contributed by atoms with Crippen LogP contribution in [-0.4, -0.2) is 20.4 Å². The van der Waals surface area contributed by atoms with Crippen molar-refractivity contribution in [3.05, 3.63) is 59.2 Å². The molecule has 3 rings (SSSR count). The van der Waals surface area contributed by atoms with Gasteiger partial charge in [0.2, 0.25) is 0 Å². The number of amides is 1. The molecule has 1 aliphatic rings. The smallest absolute Gasteiger partial charge is 0.261 e. The average molecular weight is 401 g/mol. The van der Waals surface area contributed by atoms with Crippen LogP contribution in [0.1, 0.15) is 54.1 Å². The molecule has 1 fully saturated rings. The van der Waals surface area contributed by atoms with Gasteiger partial charge in [0.05, 0.1) is 10.6 Å². The molecule has 0 radical (unpaired) electrons. The Morgan fingerprint density at radius 2 is 1.75 bits per heavy atom.